The van der Waals surface area contributed by atoms with Crippen molar-refractivity contribution in [1.29, 1.82) is 0 Å². The van der Waals surface area contributed by atoms with Gasteiger partial charge < -0.3 is 21.7 Å². The molecular weight excluding hydrogens is 549 g/mol. The van der Waals surface area contributed by atoms with E-state index in [0.717, 1.165) is 58.0 Å². The van der Waals surface area contributed by atoms with E-state index in [2.05, 4.69) is 15.2 Å². The van der Waals surface area contributed by atoms with Crippen molar-refractivity contribution in [2.75, 3.05) is 51.3 Å². The summed E-state index contributed by atoms with van der Waals surface area (Å²) in [5, 5.41) is 12.9. The summed E-state index contributed by atoms with van der Waals surface area (Å²) in [5.41, 5.74) is 14.1. The minimum absolute atomic E-state index is 0. The van der Waals surface area contributed by atoms with Crippen LogP contribution in [0.5, 0.6) is 0 Å². The predicted octanol–water partition coefficient (Wildman–Crippen LogP) is 1.14. The Balaban J connectivity index is 0.000000314. The molecule has 0 aliphatic carbocycles. The number of carbonyl (C=O) groups excluding carboxylic acids is 1. The average molecular weight is 589 g/mol. The van der Waals surface area contributed by atoms with Crippen LogP contribution in [0, 0.1) is 5.92 Å². The zero-order chi connectivity index (χ0) is 26.1. The van der Waals surface area contributed by atoms with Gasteiger partial charge in [0, 0.05) is 58.5 Å². The second kappa shape index (κ2) is 15.0. The topological polar surface area (TPSA) is 157 Å². The summed E-state index contributed by atoms with van der Waals surface area (Å²) < 4.78 is 1.44. The molecule has 4 rings (SSSR count). The van der Waals surface area contributed by atoms with Crippen molar-refractivity contribution < 1.29 is 42.7 Å². The molecule has 2 saturated heterocycles. The molecule has 0 bridgehead atoms. The Morgan fingerprint density at radius 3 is 2.27 bits per heavy atom. The Labute approximate surface area is 243 Å². The van der Waals surface area contributed by atoms with Gasteiger partial charge in [0.15, 0.2) is 5.82 Å². The summed E-state index contributed by atoms with van der Waals surface area (Å²) in [6, 6.07) is 9.44. The minimum atomic E-state index is -0.739. The normalized spacial score (nSPS) is 16.8. The first-order valence-electron chi connectivity index (χ1n) is 12.4. The number of benzene rings is 1. The Bertz CT molecular complexity index is 1030. The number of nitrogens with zero attached hydrogens (tertiary/aromatic N) is 5. The molecule has 11 nitrogen and oxygen atoms in total. The molecule has 1 aromatic heterocycles. The molecule has 2 fully saturated rings. The number of piperidine rings is 1. The summed E-state index contributed by atoms with van der Waals surface area (Å²) in [5.74, 6) is 0.825. The van der Waals surface area contributed by atoms with Crippen molar-refractivity contribution in [1.82, 2.24) is 19.4 Å². The van der Waals surface area contributed by atoms with E-state index in [1.807, 2.05) is 29.7 Å². The van der Waals surface area contributed by atoms with E-state index in [1.165, 1.54) is 29.0 Å². The SMILES string of the molecule is CC(C)(N)C(=O)N1CC[N-]CC1.NCC1CCN(Cc2ccc(-n3ccc(NO)nc3=O)cc2)CC1.[Y]. The number of rotatable bonds is 6. The van der Waals surface area contributed by atoms with E-state index < -0.39 is 11.2 Å². The monoisotopic (exact) mass is 588 g/mol. The molecule has 0 spiro atoms. The molecule has 0 unspecified atom stereocenters. The number of likely N-dealkylation sites (tertiary alicyclic amines) is 1. The number of nitrogens with two attached hydrogens (primary N) is 2. The Morgan fingerprint density at radius 1 is 1.14 bits per heavy atom. The number of carbonyl (C=O) groups is 1. The molecule has 12 heteroatoms. The van der Waals surface area contributed by atoms with Gasteiger partial charge in [0.1, 0.15) is 0 Å². The van der Waals surface area contributed by atoms with E-state index in [1.54, 1.807) is 24.9 Å². The second-order valence-corrected chi connectivity index (χ2v) is 9.88. The Hall–Kier alpha value is -1.73. The number of amides is 1. The molecule has 0 atom stereocenters. The predicted molar refractivity (Wildman–Crippen MR) is 140 cm³/mol. The van der Waals surface area contributed by atoms with Crippen LogP contribution in [0.25, 0.3) is 11.0 Å². The summed E-state index contributed by atoms with van der Waals surface area (Å²) in [6.45, 7) is 10.3. The third-order valence-electron chi connectivity index (χ3n) is 6.47. The molecule has 0 saturated carbocycles. The maximum atomic E-state index is 11.9. The number of hydrogen-bond donors (Lipinski definition) is 4. The van der Waals surface area contributed by atoms with Crippen LogP contribution in [0.2, 0.25) is 0 Å². The van der Waals surface area contributed by atoms with Gasteiger partial charge in [-0.05, 0) is 76.0 Å². The number of anilines is 1. The van der Waals surface area contributed by atoms with E-state index in [4.69, 9.17) is 16.7 Å². The number of hydrogen-bond acceptors (Lipinski definition) is 8. The van der Waals surface area contributed by atoms with Gasteiger partial charge in [0.2, 0.25) is 5.91 Å². The zero-order valence-corrected chi connectivity index (χ0v) is 24.7. The Kier molecular flexibility index (Phi) is 12.8. The van der Waals surface area contributed by atoms with E-state index in [9.17, 15) is 9.59 Å². The summed E-state index contributed by atoms with van der Waals surface area (Å²) in [6.07, 6.45) is 3.92. The van der Waals surface area contributed by atoms with E-state index in [-0.39, 0.29) is 44.4 Å². The molecule has 37 heavy (non-hydrogen) atoms. The van der Waals surface area contributed by atoms with Gasteiger partial charge in [0.25, 0.3) is 0 Å². The molecular formula is C25H39N8O3Y-. The first kappa shape index (κ1) is 31.5. The van der Waals surface area contributed by atoms with Crippen LogP contribution in [-0.4, -0.2) is 81.8 Å². The minimum Gasteiger partial charge on any atom is -0.659 e. The largest absolute Gasteiger partial charge is 0.659 e. The third-order valence-corrected chi connectivity index (χ3v) is 6.47. The van der Waals surface area contributed by atoms with E-state index >= 15 is 0 Å². The molecule has 1 aromatic carbocycles. The van der Waals surface area contributed by atoms with Crippen LogP contribution in [0.3, 0.4) is 0 Å². The van der Waals surface area contributed by atoms with Crippen LogP contribution in [0.15, 0.2) is 41.3 Å². The van der Waals surface area contributed by atoms with Crippen LogP contribution >= 0.6 is 0 Å². The fourth-order valence-electron chi connectivity index (χ4n) is 4.28. The average Bonchev–Trinajstić information content (AvgIpc) is 2.89. The molecule has 2 aliphatic rings. The number of aromatic nitrogens is 2. The zero-order valence-electron chi connectivity index (χ0n) is 21.8. The van der Waals surface area contributed by atoms with Crippen molar-refractivity contribution in [3.63, 3.8) is 0 Å². The van der Waals surface area contributed by atoms with Gasteiger partial charge in [-0.1, -0.05) is 12.1 Å². The summed E-state index contributed by atoms with van der Waals surface area (Å²) in [4.78, 5) is 31.5. The first-order chi connectivity index (χ1) is 17.2. The number of piperazine rings is 1. The van der Waals surface area contributed by atoms with Gasteiger partial charge in [-0.15, -0.1) is 13.1 Å². The van der Waals surface area contributed by atoms with Crippen molar-refractivity contribution >= 4 is 11.7 Å². The summed E-state index contributed by atoms with van der Waals surface area (Å²) >= 11 is 0. The smallest absolute Gasteiger partial charge is 0.354 e. The van der Waals surface area contributed by atoms with Gasteiger partial charge in [-0.2, -0.15) is 4.98 Å². The van der Waals surface area contributed by atoms with Crippen LogP contribution < -0.4 is 22.6 Å². The quantitative estimate of drug-likeness (QED) is 0.366. The fraction of sp³-hybridized carbons (Fsp3) is 0.560. The van der Waals surface area contributed by atoms with Crippen molar-refractivity contribution in [2.24, 2.45) is 17.4 Å². The van der Waals surface area contributed by atoms with Gasteiger partial charge >= 0.3 is 5.69 Å². The van der Waals surface area contributed by atoms with Crippen LogP contribution in [-0.2, 0) is 44.0 Å². The van der Waals surface area contributed by atoms with Crippen LogP contribution in [0.1, 0.15) is 32.3 Å². The van der Waals surface area contributed by atoms with Crippen LogP contribution in [0.4, 0.5) is 5.82 Å². The van der Waals surface area contributed by atoms with Gasteiger partial charge in [0.05, 0.1) is 11.2 Å². The molecule has 2 aromatic rings. The standard InChI is InChI=1S/C17H23N5O2.C8H16N3O.Y/c18-11-13-5-8-21(9-6-13)12-14-1-3-15(4-2-14)22-10-7-16(20-24)19-17(22)23;1-8(2,9)7(12)11-5-3-10-4-6-11;/h1-4,7,10,13,24H,5-6,8-9,11-12,18H2,(H,19,20,23);3-6,9H2,1-2H3;/q;-1;. The van der Waals surface area contributed by atoms with Gasteiger partial charge in [-0.3, -0.25) is 24.9 Å². The molecule has 1 amide bonds. The maximum Gasteiger partial charge on any atom is 0.354 e. The van der Waals surface area contributed by atoms with Gasteiger partial charge in [-0.25, -0.2) is 4.79 Å². The maximum absolute atomic E-state index is 11.9. The molecule has 2 aliphatic heterocycles. The molecule has 3 heterocycles. The van der Waals surface area contributed by atoms with Crippen molar-refractivity contribution in [3.05, 3.63) is 57.9 Å². The molecule has 201 valence electrons. The second-order valence-electron chi connectivity index (χ2n) is 9.88. The number of nitrogens with one attached hydrogen (secondary N) is 1. The van der Waals surface area contributed by atoms with Crippen molar-refractivity contribution in [3.8, 4) is 5.69 Å². The third kappa shape index (κ3) is 9.51. The first-order valence-corrected chi connectivity index (χ1v) is 12.4. The molecule has 1 radical (unpaired) electrons. The Morgan fingerprint density at radius 2 is 1.76 bits per heavy atom. The van der Waals surface area contributed by atoms with E-state index in [0.29, 0.717) is 5.92 Å². The molecule has 6 N–H and O–H groups in total. The fourth-order valence-corrected chi connectivity index (χ4v) is 4.28. The van der Waals surface area contributed by atoms with Crippen molar-refractivity contribution in [2.45, 2.75) is 38.8 Å². The summed E-state index contributed by atoms with van der Waals surface area (Å²) in [7, 11) is 0.